The highest BCUT2D eigenvalue weighted by Crippen LogP contribution is 2.28. The van der Waals surface area contributed by atoms with Crippen molar-refractivity contribution >= 4 is 51.9 Å². The lowest BCUT2D eigenvalue weighted by Crippen LogP contribution is -2.08. The molecule has 0 unspecified atom stereocenters. The number of aryl methyl sites for hydroxylation is 1. The Morgan fingerprint density at radius 3 is 2.43 bits per heavy atom. The summed E-state index contributed by atoms with van der Waals surface area (Å²) in [6.07, 6.45) is 6.38. The number of rotatable bonds is 8. The molecule has 0 aliphatic carbocycles. The number of amides is 1. The Labute approximate surface area is 224 Å². The maximum atomic E-state index is 12.6. The van der Waals surface area contributed by atoms with E-state index < -0.39 is 0 Å². The van der Waals surface area contributed by atoms with Gasteiger partial charge in [-0.05, 0) is 85.1 Å². The Bertz CT molecular complexity index is 1570. The lowest BCUT2D eigenvalue weighted by Gasteiger charge is -2.04. The molecule has 0 atom stereocenters. The lowest BCUT2D eigenvalue weighted by atomic mass is 10.1. The number of hydrogen-bond donors (Lipinski definition) is 1. The van der Waals surface area contributed by atoms with E-state index in [1.165, 1.54) is 11.6 Å². The molecule has 186 valence electrons. The van der Waals surface area contributed by atoms with Crippen LogP contribution in [-0.4, -0.2) is 20.9 Å². The van der Waals surface area contributed by atoms with Crippen LogP contribution in [0.2, 0.25) is 10.0 Å². The highest BCUT2D eigenvalue weighted by Gasteiger charge is 2.11. The van der Waals surface area contributed by atoms with Gasteiger partial charge in [0.2, 0.25) is 5.91 Å². The summed E-state index contributed by atoms with van der Waals surface area (Å²) in [5.41, 5.74) is 4.76. The van der Waals surface area contributed by atoms with E-state index in [0.717, 1.165) is 30.5 Å². The summed E-state index contributed by atoms with van der Waals surface area (Å²) in [5, 5.41) is 12.9. The van der Waals surface area contributed by atoms with Gasteiger partial charge in [0, 0.05) is 16.7 Å². The Hall–Kier alpha value is -3.87. The molecule has 3 aromatic carbocycles. The van der Waals surface area contributed by atoms with Crippen molar-refractivity contribution in [3.05, 3.63) is 100 Å². The van der Waals surface area contributed by atoms with Crippen LogP contribution in [0.1, 0.15) is 31.1 Å². The van der Waals surface area contributed by atoms with Gasteiger partial charge in [-0.2, -0.15) is 4.80 Å². The summed E-state index contributed by atoms with van der Waals surface area (Å²) in [6.45, 7) is 2.18. The third kappa shape index (κ3) is 5.93. The molecule has 5 aromatic rings. The standard InChI is InChI=1S/C29H24Cl2N4O2/c1-2-3-4-19-5-11-22(12-6-19)35-33-26-17-24(31)25(18-27(26)34-35)32-29(36)16-14-23-13-15-28(37-23)20-7-9-21(30)10-8-20/h5-18H,2-4H2,1H3,(H,32,36)/b16-14+. The number of aromatic nitrogens is 3. The predicted molar refractivity (Wildman–Crippen MR) is 149 cm³/mol. The van der Waals surface area contributed by atoms with Crippen LogP contribution in [0.15, 0.2) is 83.3 Å². The Morgan fingerprint density at radius 2 is 1.70 bits per heavy atom. The molecule has 0 radical (unpaired) electrons. The van der Waals surface area contributed by atoms with Crippen LogP contribution < -0.4 is 5.32 Å². The van der Waals surface area contributed by atoms with Crippen molar-refractivity contribution in [2.75, 3.05) is 5.32 Å². The van der Waals surface area contributed by atoms with Crippen molar-refractivity contribution in [1.29, 1.82) is 0 Å². The molecule has 0 aliphatic heterocycles. The molecule has 6 nitrogen and oxygen atoms in total. The summed E-state index contributed by atoms with van der Waals surface area (Å²) >= 11 is 12.4. The summed E-state index contributed by atoms with van der Waals surface area (Å²) in [4.78, 5) is 14.1. The fraction of sp³-hybridized carbons (Fsp3) is 0.138. The van der Waals surface area contributed by atoms with Crippen molar-refractivity contribution in [2.24, 2.45) is 0 Å². The zero-order valence-electron chi connectivity index (χ0n) is 20.1. The SMILES string of the molecule is CCCCc1ccc(-n2nc3cc(Cl)c(NC(=O)/C=C/c4ccc(-c5ccc(Cl)cc5)o4)cc3n2)cc1. The first kappa shape index (κ1) is 24.8. The minimum Gasteiger partial charge on any atom is -0.457 e. The molecule has 5 rings (SSSR count). The average molecular weight is 531 g/mol. The molecule has 1 amide bonds. The number of benzene rings is 3. The zero-order chi connectivity index (χ0) is 25.8. The maximum Gasteiger partial charge on any atom is 0.248 e. The van der Waals surface area contributed by atoms with Crippen molar-refractivity contribution in [3.63, 3.8) is 0 Å². The molecule has 0 bridgehead atoms. The van der Waals surface area contributed by atoms with Crippen LogP contribution in [0.5, 0.6) is 0 Å². The Kier molecular flexibility index (Phi) is 7.40. The van der Waals surface area contributed by atoms with Crippen LogP contribution in [0.3, 0.4) is 0 Å². The first-order valence-electron chi connectivity index (χ1n) is 12.0. The molecule has 0 saturated carbocycles. The van der Waals surface area contributed by atoms with Crippen LogP contribution in [0.25, 0.3) is 34.1 Å². The summed E-state index contributed by atoms with van der Waals surface area (Å²) in [6, 6.07) is 22.6. The number of fused-ring (bicyclic) bond motifs is 1. The molecule has 2 aromatic heterocycles. The third-order valence-electron chi connectivity index (χ3n) is 5.87. The molecule has 2 heterocycles. The molecular weight excluding hydrogens is 507 g/mol. The van der Waals surface area contributed by atoms with Gasteiger partial charge in [-0.3, -0.25) is 4.79 Å². The second-order valence-corrected chi connectivity index (χ2v) is 9.46. The first-order chi connectivity index (χ1) is 18.0. The average Bonchev–Trinajstić information content (AvgIpc) is 3.54. The van der Waals surface area contributed by atoms with Crippen LogP contribution in [0.4, 0.5) is 5.69 Å². The monoisotopic (exact) mass is 530 g/mol. The second kappa shape index (κ2) is 11.0. The molecular formula is C29H24Cl2N4O2. The van der Waals surface area contributed by atoms with Gasteiger partial charge in [-0.25, -0.2) is 0 Å². The number of halogens is 2. The number of furan rings is 1. The van der Waals surface area contributed by atoms with Crippen LogP contribution in [-0.2, 0) is 11.2 Å². The van der Waals surface area contributed by atoms with Crippen molar-refractivity contribution in [1.82, 2.24) is 15.0 Å². The van der Waals surface area contributed by atoms with E-state index >= 15 is 0 Å². The predicted octanol–water partition coefficient (Wildman–Crippen LogP) is 7.98. The van der Waals surface area contributed by atoms with E-state index in [0.29, 0.717) is 38.3 Å². The quantitative estimate of drug-likeness (QED) is 0.206. The number of unbranched alkanes of at least 4 members (excludes halogenated alkanes) is 1. The third-order valence-corrected chi connectivity index (χ3v) is 6.43. The maximum absolute atomic E-state index is 12.6. The normalized spacial score (nSPS) is 11.4. The Morgan fingerprint density at radius 1 is 0.973 bits per heavy atom. The van der Waals surface area contributed by atoms with Gasteiger partial charge in [-0.15, -0.1) is 10.2 Å². The smallest absolute Gasteiger partial charge is 0.248 e. The van der Waals surface area contributed by atoms with Gasteiger partial charge in [0.25, 0.3) is 0 Å². The molecule has 8 heteroatoms. The van der Waals surface area contributed by atoms with E-state index in [4.69, 9.17) is 27.6 Å². The Balaban J connectivity index is 1.28. The number of anilines is 1. The summed E-state index contributed by atoms with van der Waals surface area (Å²) < 4.78 is 5.81. The van der Waals surface area contributed by atoms with E-state index in [2.05, 4.69) is 34.6 Å². The fourth-order valence-electron chi connectivity index (χ4n) is 3.87. The largest absolute Gasteiger partial charge is 0.457 e. The minimum atomic E-state index is -0.347. The van der Waals surface area contributed by atoms with Gasteiger partial charge in [0.05, 0.1) is 16.4 Å². The van der Waals surface area contributed by atoms with Gasteiger partial charge in [0.1, 0.15) is 22.6 Å². The van der Waals surface area contributed by atoms with E-state index in [1.807, 2.05) is 30.3 Å². The molecule has 0 fully saturated rings. The van der Waals surface area contributed by atoms with Gasteiger partial charge < -0.3 is 9.73 Å². The van der Waals surface area contributed by atoms with Gasteiger partial charge in [0.15, 0.2) is 0 Å². The van der Waals surface area contributed by atoms with E-state index in [9.17, 15) is 4.79 Å². The van der Waals surface area contributed by atoms with E-state index in [-0.39, 0.29) is 5.91 Å². The van der Waals surface area contributed by atoms with Crippen LogP contribution in [0, 0.1) is 0 Å². The molecule has 0 aliphatic rings. The molecule has 37 heavy (non-hydrogen) atoms. The van der Waals surface area contributed by atoms with Crippen molar-refractivity contribution in [2.45, 2.75) is 26.2 Å². The number of nitrogens with one attached hydrogen (secondary N) is 1. The van der Waals surface area contributed by atoms with Crippen molar-refractivity contribution in [3.8, 4) is 17.0 Å². The highest BCUT2D eigenvalue weighted by atomic mass is 35.5. The van der Waals surface area contributed by atoms with Gasteiger partial charge in [-0.1, -0.05) is 48.7 Å². The topological polar surface area (TPSA) is 73.0 Å². The number of nitrogens with zero attached hydrogens (tertiary/aromatic N) is 3. The lowest BCUT2D eigenvalue weighted by molar-refractivity contribution is -0.111. The van der Waals surface area contributed by atoms with E-state index in [1.54, 1.807) is 41.2 Å². The van der Waals surface area contributed by atoms with Crippen molar-refractivity contribution < 1.29 is 9.21 Å². The minimum absolute atomic E-state index is 0.347. The molecule has 1 N–H and O–H groups in total. The highest BCUT2D eigenvalue weighted by molar-refractivity contribution is 6.34. The van der Waals surface area contributed by atoms with Gasteiger partial charge >= 0.3 is 0 Å². The first-order valence-corrected chi connectivity index (χ1v) is 12.7. The fourth-order valence-corrected chi connectivity index (χ4v) is 4.20. The molecule has 0 saturated heterocycles. The summed E-state index contributed by atoms with van der Waals surface area (Å²) in [7, 11) is 0. The number of carbonyl (C=O) groups excluding carboxylic acids is 1. The zero-order valence-corrected chi connectivity index (χ0v) is 21.6. The van der Waals surface area contributed by atoms with Crippen LogP contribution >= 0.6 is 23.2 Å². The summed E-state index contributed by atoms with van der Waals surface area (Å²) in [5.74, 6) is 0.884. The number of hydrogen-bond acceptors (Lipinski definition) is 4. The second-order valence-electron chi connectivity index (χ2n) is 8.61. The number of carbonyl (C=O) groups is 1. The molecule has 0 spiro atoms.